The van der Waals surface area contributed by atoms with Gasteiger partial charge in [0.15, 0.2) is 0 Å². The van der Waals surface area contributed by atoms with Crippen LogP contribution in [0.4, 0.5) is 0 Å². The van der Waals surface area contributed by atoms with Gasteiger partial charge in [0.1, 0.15) is 45.0 Å². The molecule has 0 fully saturated rings. The quantitative estimate of drug-likeness (QED) is 0.178. The predicted octanol–water partition coefficient (Wildman–Crippen LogP) is 14.9. The number of furan rings is 4. The van der Waals surface area contributed by atoms with Gasteiger partial charge in [-0.2, -0.15) is 0 Å². The fraction of sp³-hybridized carbons (Fsp3) is 0.115. The largest absolute Gasteiger partial charge is 0.456 e. The predicted molar refractivity (Wildman–Crippen MR) is 227 cm³/mol. The lowest BCUT2D eigenvalue weighted by Crippen LogP contribution is -2.17. The van der Waals surface area contributed by atoms with E-state index in [1.54, 1.807) is 0 Å². The van der Waals surface area contributed by atoms with Gasteiger partial charge in [0, 0.05) is 65.4 Å². The van der Waals surface area contributed by atoms with Gasteiger partial charge in [-0.15, -0.1) is 0 Å². The summed E-state index contributed by atoms with van der Waals surface area (Å²) in [6, 6.07) is 47.2. The second-order valence-electron chi connectivity index (χ2n) is 16.8. The van der Waals surface area contributed by atoms with E-state index in [1.165, 1.54) is 44.5 Å². The van der Waals surface area contributed by atoms with Gasteiger partial charge < -0.3 is 17.7 Å². The lowest BCUT2D eigenvalue weighted by atomic mass is 9.79. The summed E-state index contributed by atoms with van der Waals surface area (Å²) in [6.45, 7) is 9.40. The van der Waals surface area contributed by atoms with Crippen LogP contribution in [-0.4, -0.2) is 0 Å². The van der Waals surface area contributed by atoms with Crippen LogP contribution in [0.1, 0.15) is 49.9 Å². The molecule has 266 valence electrons. The maximum absolute atomic E-state index is 6.93. The first-order valence-corrected chi connectivity index (χ1v) is 19.4. The summed E-state index contributed by atoms with van der Waals surface area (Å²) < 4.78 is 27.0. The summed E-state index contributed by atoms with van der Waals surface area (Å²) >= 11 is 0. The van der Waals surface area contributed by atoms with Crippen LogP contribution in [-0.2, 0) is 10.8 Å². The van der Waals surface area contributed by atoms with Crippen molar-refractivity contribution in [2.24, 2.45) is 0 Å². The summed E-state index contributed by atoms with van der Waals surface area (Å²) in [5.74, 6) is 1.70. The van der Waals surface area contributed by atoms with Gasteiger partial charge in [0.2, 0.25) is 0 Å². The van der Waals surface area contributed by atoms with Crippen molar-refractivity contribution in [3.05, 3.63) is 156 Å². The smallest absolute Gasteiger partial charge is 0.144 e. The minimum atomic E-state index is -0.332. The third-order valence-corrected chi connectivity index (χ3v) is 13.1. The highest BCUT2D eigenvalue weighted by Crippen LogP contribution is 2.61. The van der Waals surface area contributed by atoms with E-state index in [0.29, 0.717) is 0 Å². The molecule has 11 aromatic rings. The fourth-order valence-electron chi connectivity index (χ4n) is 10.3. The molecule has 0 N–H and O–H groups in total. The van der Waals surface area contributed by atoms with Crippen LogP contribution in [0.5, 0.6) is 0 Å². The maximum atomic E-state index is 6.93. The summed E-state index contributed by atoms with van der Waals surface area (Å²) in [6.07, 6.45) is 0. The van der Waals surface area contributed by atoms with E-state index in [-0.39, 0.29) is 10.8 Å². The zero-order valence-corrected chi connectivity index (χ0v) is 31.3. The second kappa shape index (κ2) is 10.1. The van der Waals surface area contributed by atoms with Crippen molar-refractivity contribution in [2.45, 2.75) is 38.5 Å². The Bertz CT molecular complexity index is 3240. The molecule has 2 aliphatic carbocycles. The van der Waals surface area contributed by atoms with Crippen LogP contribution in [0.15, 0.2) is 151 Å². The molecule has 0 unspecified atom stereocenters. The number of hydrogen-bond acceptors (Lipinski definition) is 4. The Kier molecular flexibility index (Phi) is 5.50. The summed E-state index contributed by atoms with van der Waals surface area (Å²) in [7, 11) is 0. The summed E-state index contributed by atoms with van der Waals surface area (Å²) in [4.78, 5) is 0. The van der Waals surface area contributed by atoms with Crippen LogP contribution in [0.25, 0.3) is 111 Å². The average molecular weight is 723 g/mol. The zero-order valence-electron chi connectivity index (χ0n) is 31.3. The lowest BCUT2D eigenvalue weighted by molar-refractivity contribution is 0.629. The Balaban J connectivity index is 1.10. The second-order valence-corrected chi connectivity index (χ2v) is 16.8. The van der Waals surface area contributed by atoms with Crippen LogP contribution in [0.3, 0.4) is 0 Å². The molecule has 7 aromatic carbocycles. The van der Waals surface area contributed by atoms with E-state index in [2.05, 4.69) is 137 Å². The molecular weight excluding hydrogens is 689 g/mol. The first-order chi connectivity index (χ1) is 27.3. The van der Waals surface area contributed by atoms with Gasteiger partial charge in [-0.25, -0.2) is 0 Å². The van der Waals surface area contributed by atoms with E-state index < -0.39 is 0 Å². The van der Waals surface area contributed by atoms with Gasteiger partial charge in [-0.3, -0.25) is 0 Å². The minimum Gasteiger partial charge on any atom is -0.456 e. The van der Waals surface area contributed by atoms with Crippen molar-refractivity contribution in [1.82, 2.24) is 0 Å². The first kappa shape index (κ1) is 30.5. The molecule has 0 aliphatic heterocycles. The molecule has 0 bridgehead atoms. The van der Waals surface area contributed by atoms with Gasteiger partial charge >= 0.3 is 0 Å². The van der Waals surface area contributed by atoms with E-state index in [4.69, 9.17) is 17.7 Å². The minimum absolute atomic E-state index is 0.332. The van der Waals surface area contributed by atoms with Crippen molar-refractivity contribution in [2.75, 3.05) is 0 Å². The Morgan fingerprint density at radius 3 is 1.16 bits per heavy atom. The Labute approximate surface area is 321 Å². The Morgan fingerprint density at radius 1 is 0.357 bits per heavy atom. The van der Waals surface area contributed by atoms with Crippen LogP contribution < -0.4 is 0 Å². The molecule has 0 saturated carbocycles. The topological polar surface area (TPSA) is 52.6 Å². The number of fused-ring (bicyclic) bond motifs is 16. The van der Waals surface area contributed by atoms with E-state index in [1.807, 2.05) is 24.3 Å². The van der Waals surface area contributed by atoms with Crippen molar-refractivity contribution >= 4 is 65.8 Å². The molecule has 4 nitrogen and oxygen atoms in total. The highest BCUT2D eigenvalue weighted by molar-refractivity contribution is 6.20. The Morgan fingerprint density at radius 2 is 0.732 bits per heavy atom. The molecule has 2 aliphatic rings. The molecular formula is C52H34O4. The van der Waals surface area contributed by atoms with Gasteiger partial charge in [-0.05, 0) is 94.0 Å². The van der Waals surface area contributed by atoms with Crippen molar-refractivity contribution in [3.8, 4) is 44.9 Å². The van der Waals surface area contributed by atoms with Crippen LogP contribution in [0, 0.1) is 0 Å². The third kappa shape index (κ3) is 3.70. The SMILES string of the molecule is CC1(C)c2cc3c(cc2-c2c1cc(-c1cc4ccccc4o1)c1c2oc2ccccc21)C(C)(C)c1cc(-c2cc4ccccc4o2)c2c(oc4ccccc42)c1-3. The Hall–Kier alpha value is -6.78. The summed E-state index contributed by atoms with van der Waals surface area (Å²) in [5.41, 5.74) is 16.6. The van der Waals surface area contributed by atoms with Crippen molar-refractivity contribution < 1.29 is 17.7 Å². The van der Waals surface area contributed by atoms with Crippen molar-refractivity contribution in [1.29, 1.82) is 0 Å². The maximum Gasteiger partial charge on any atom is 0.144 e. The standard InChI is InChI=1S/C52H34O4/c1-51(2)35-23-32-36(24-31(35)47-37(51)25-33(43-21-27-13-5-9-17-39(27)53-43)45-29-15-7-11-19-41(29)55-49(45)47)52(3,4)38-26-34(44-22-28-14-6-10-18-40(28)54-44)46-30-16-8-12-20-42(30)56-50(46)48(32)38/h5-26H,1-4H3. The monoisotopic (exact) mass is 722 g/mol. The fourth-order valence-corrected chi connectivity index (χ4v) is 10.3. The number of hydrogen-bond donors (Lipinski definition) is 0. The molecule has 56 heavy (non-hydrogen) atoms. The van der Waals surface area contributed by atoms with Crippen molar-refractivity contribution in [3.63, 3.8) is 0 Å². The molecule has 0 spiro atoms. The zero-order chi connectivity index (χ0) is 37.2. The van der Waals surface area contributed by atoms with Crippen LogP contribution in [0.2, 0.25) is 0 Å². The molecule has 4 heteroatoms. The highest BCUT2D eigenvalue weighted by Gasteiger charge is 2.45. The number of benzene rings is 7. The van der Waals surface area contributed by atoms with E-state index >= 15 is 0 Å². The first-order valence-electron chi connectivity index (χ1n) is 19.4. The van der Waals surface area contributed by atoms with Crippen LogP contribution >= 0.6 is 0 Å². The molecule has 0 saturated heterocycles. The number of para-hydroxylation sites is 4. The van der Waals surface area contributed by atoms with Gasteiger partial charge in [0.05, 0.1) is 0 Å². The van der Waals surface area contributed by atoms with E-state index in [9.17, 15) is 0 Å². The molecule has 0 amide bonds. The van der Waals surface area contributed by atoms with E-state index in [0.717, 1.165) is 88.5 Å². The van der Waals surface area contributed by atoms with Gasteiger partial charge in [-0.1, -0.05) is 100 Å². The average Bonchev–Trinajstić information content (AvgIpc) is 4.05. The highest BCUT2D eigenvalue weighted by atomic mass is 16.3. The molecule has 0 radical (unpaired) electrons. The summed E-state index contributed by atoms with van der Waals surface area (Å²) in [5, 5.41) is 6.53. The molecule has 0 atom stereocenters. The molecule has 4 aromatic heterocycles. The van der Waals surface area contributed by atoms with Gasteiger partial charge in [0.25, 0.3) is 0 Å². The normalized spacial score (nSPS) is 15.1. The molecule has 13 rings (SSSR count). The molecule has 4 heterocycles. The lowest BCUT2D eigenvalue weighted by Gasteiger charge is -2.24. The number of rotatable bonds is 2. The third-order valence-electron chi connectivity index (χ3n) is 13.1.